The Morgan fingerprint density at radius 3 is 1.93 bits per heavy atom. The Morgan fingerprint density at radius 2 is 1.60 bits per heavy atom. The van der Waals surface area contributed by atoms with E-state index in [-0.39, 0.29) is 0 Å². The number of alkyl halides is 5. The highest BCUT2D eigenvalue weighted by molar-refractivity contribution is 5.86. The third-order valence-corrected chi connectivity index (χ3v) is 2.46. The smallest absolute Gasteiger partial charge is 0.263 e. The van der Waals surface area contributed by atoms with Crippen LogP contribution in [0, 0.1) is 0 Å². The van der Waals surface area contributed by atoms with Crippen molar-refractivity contribution in [3.8, 4) is 0 Å². The number of carbonyl (C=O) groups excluding carboxylic acids is 1. The molecule has 1 unspecified atom stereocenters. The molecule has 7 heteroatoms. The number of hydrogen-bond acceptors (Lipinski definition) is 1. The Kier molecular flexibility index (Phi) is 3.20. The Bertz CT molecular complexity index is 247. The minimum atomic E-state index is -3.79. The first-order valence-corrected chi connectivity index (χ1v) is 4.33. The van der Waals surface area contributed by atoms with Crippen molar-refractivity contribution >= 4 is 5.91 Å². The van der Waals surface area contributed by atoms with E-state index >= 15 is 0 Å². The van der Waals surface area contributed by atoms with Crippen LogP contribution in [0.5, 0.6) is 0 Å². The molecule has 0 aromatic rings. The molecular formula is C8H10F5NO. The van der Waals surface area contributed by atoms with Crippen LogP contribution < -0.4 is 5.32 Å². The summed E-state index contributed by atoms with van der Waals surface area (Å²) >= 11 is 0. The van der Waals surface area contributed by atoms with Crippen LogP contribution in [0.25, 0.3) is 0 Å². The molecule has 5 atom stereocenters. The van der Waals surface area contributed by atoms with E-state index in [2.05, 4.69) is 0 Å². The van der Waals surface area contributed by atoms with Gasteiger partial charge in [-0.15, -0.1) is 0 Å². The van der Waals surface area contributed by atoms with Gasteiger partial charge in [0.25, 0.3) is 11.6 Å². The van der Waals surface area contributed by atoms with Gasteiger partial charge >= 0.3 is 0 Å². The molecule has 0 bridgehead atoms. The zero-order valence-electron chi connectivity index (χ0n) is 7.81. The van der Waals surface area contributed by atoms with E-state index in [1.165, 1.54) is 0 Å². The molecule has 0 aromatic heterocycles. The minimum absolute atomic E-state index is 0.929. The highest BCUT2D eigenvalue weighted by atomic mass is 19.2. The Hall–Kier alpha value is -0.880. The highest BCUT2D eigenvalue weighted by Gasteiger charge is 2.63. The van der Waals surface area contributed by atoms with Gasteiger partial charge in [0.05, 0.1) is 0 Å². The van der Waals surface area contributed by atoms with Gasteiger partial charge in [-0.2, -0.15) is 0 Å². The third kappa shape index (κ3) is 1.68. The van der Waals surface area contributed by atoms with Gasteiger partial charge in [-0.3, -0.25) is 4.79 Å². The lowest BCUT2D eigenvalue weighted by atomic mass is 9.80. The van der Waals surface area contributed by atoms with Crippen molar-refractivity contribution in [1.29, 1.82) is 0 Å². The van der Waals surface area contributed by atoms with Gasteiger partial charge < -0.3 is 5.32 Å². The lowest BCUT2D eigenvalue weighted by molar-refractivity contribution is -0.161. The summed E-state index contributed by atoms with van der Waals surface area (Å²) in [5, 5.41) is 1.65. The second kappa shape index (κ2) is 3.94. The molecule has 0 aromatic carbocycles. The molecular weight excluding hydrogens is 221 g/mol. The monoisotopic (exact) mass is 231 g/mol. The molecule has 2 nitrogen and oxygen atoms in total. The lowest BCUT2D eigenvalue weighted by Gasteiger charge is -2.37. The molecule has 1 amide bonds. The van der Waals surface area contributed by atoms with E-state index in [0.717, 1.165) is 7.05 Å². The van der Waals surface area contributed by atoms with Crippen LogP contribution in [0.2, 0.25) is 0 Å². The van der Waals surface area contributed by atoms with Crippen LogP contribution in [-0.2, 0) is 4.79 Å². The fourth-order valence-electron chi connectivity index (χ4n) is 1.57. The quantitative estimate of drug-likeness (QED) is 0.675. The Morgan fingerprint density at radius 1 is 1.20 bits per heavy atom. The molecule has 1 rings (SSSR count). The molecule has 0 radical (unpaired) electrons. The lowest BCUT2D eigenvalue weighted by Crippen LogP contribution is -2.64. The van der Waals surface area contributed by atoms with Crippen molar-refractivity contribution in [3.05, 3.63) is 0 Å². The normalized spacial score (nSPS) is 46.3. The predicted octanol–water partition coefficient (Wildman–Crippen LogP) is 1.20. The number of halogens is 5. The summed E-state index contributed by atoms with van der Waals surface area (Å²) in [7, 11) is 0.929. The van der Waals surface area contributed by atoms with Gasteiger partial charge in [-0.1, -0.05) is 0 Å². The average molecular weight is 231 g/mol. The summed E-state index contributed by atoms with van der Waals surface area (Å²) in [4.78, 5) is 10.9. The molecule has 1 fully saturated rings. The number of nitrogens with one attached hydrogen (secondary N) is 1. The van der Waals surface area contributed by atoms with E-state index in [1.54, 1.807) is 5.32 Å². The number of amides is 1. The van der Waals surface area contributed by atoms with Crippen LogP contribution in [0.3, 0.4) is 0 Å². The molecule has 0 aliphatic heterocycles. The van der Waals surface area contributed by atoms with Crippen molar-refractivity contribution in [3.63, 3.8) is 0 Å². The molecule has 1 N–H and O–H groups in total. The van der Waals surface area contributed by atoms with Crippen molar-refractivity contribution in [1.82, 2.24) is 5.32 Å². The first-order valence-electron chi connectivity index (χ1n) is 4.33. The van der Waals surface area contributed by atoms with E-state index in [0.29, 0.717) is 0 Å². The van der Waals surface area contributed by atoms with Gasteiger partial charge in [0.1, 0.15) is 12.3 Å². The summed E-state index contributed by atoms with van der Waals surface area (Å²) in [5.74, 6) is -1.69. The van der Waals surface area contributed by atoms with E-state index in [9.17, 15) is 26.7 Å². The van der Waals surface area contributed by atoms with Gasteiger partial charge in [0.15, 0.2) is 12.3 Å². The highest BCUT2D eigenvalue weighted by Crippen LogP contribution is 2.40. The average Bonchev–Trinajstić information content (AvgIpc) is 2.22. The van der Waals surface area contributed by atoms with E-state index in [4.69, 9.17) is 0 Å². The second-order valence-corrected chi connectivity index (χ2v) is 3.42. The third-order valence-electron chi connectivity index (χ3n) is 2.46. The second-order valence-electron chi connectivity index (χ2n) is 3.42. The fourth-order valence-corrected chi connectivity index (χ4v) is 1.57. The minimum Gasteiger partial charge on any atom is -0.356 e. The maximum atomic E-state index is 13.6. The van der Waals surface area contributed by atoms with Crippen molar-refractivity contribution < 1.29 is 26.7 Å². The first kappa shape index (κ1) is 12.2. The molecule has 1 saturated carbocycles. The van der Waals surface area contributed by atoms with Crippen LogP contribution in [0.1, 0.15) is 6.42 Å². The van der Waals surface area contributed by atoms with Gasteiger partial charge in [0.2, 0.25) is 0 Å². The molecule has 1 aliphatic carbocycles. The molecule has 15 heavy (non-hydrogen) atoms. The number of hydrogen-bond donors (Lipinski definition) is 1. The largest absolute Gasteiger partial charge is 0.356 e. The molecule has 0 spiro atoms. The zero-order valence-corrected chi connectivity index (χ0v) is 7.81. The summed E-state index contributed by atoms with van der Waals surface area (Å²) in [6.07, 6.45) is -12.1. The first-order chi connectivity index (χ1) is 6.85. The topological polar surface area (TPSA) is 29.1 Å². The molecule has 1 aliphatic rings. The molecule has 88 valence electrons. The van der Waals surface area contributed by atoms with Crippen LogP contribution in [0.15, 0.2) is 0 Å². The maximum absolute atomic E-state index is 13.6. The Labute approximate surface area is 82.8 Å². The van der Waals surface area contributed by atoms with Crippen LogP contribution in [-0.4, -0.2) is 43.3 Å². The van der Waals surface area contributed by atoms with E-state index < -0.39 is 42.7 Å². The maximum Gasteiger partial charge on any atom is 0.263 e. The van der Waals surface area contributed by atoms with Gasteiger partial charge in [0, 0.05) is 13.5 Å². The van der Waals surface area contributed by atoms with E-state index in [1.807, 2.05) is 0 Å². The van der Waals surface area contributed by atoms with Crippen molar-refractivity contribution in [2.24, 2.45) is 0 Å². The summed E-state index contributed by atoms with van der Waals surface area (Å²) in [5.41, 5.74) is -3.79. The van der Waals surface area contributed by atoms with Gasteiger partial charge in [-0.25, -0.2) is 22.0 Å². The SMILES string of the molecule is CNC(=O)C1(F)[C@H](F)[C@H](F)C[C@H](F)[C@@H]1F. The summed E-state index contributed by atoms with van der Waals surface area (Å²) < 4.78 is 65.3. The summed E-state index contributed by atoms with van der Waals surface area (Å²) in [6, 6.07) is 0. The van der Waals surface area contributed by atoms with Crippen LogP contribution in [0.4, 0.5) is 22.0 Å². The zero-order chi connectivity index (χ0) is 11.8. The molecule has 0 saturated heterocycles. The number of rotatable bonds is 1. The van der Waals surface area contributed by atoms with Crippen molar-refractivity contribution in [2.75, 3.05) is 7.05 Å². The van der Waals surface area contributed by atoms with Crippen molar-refractivity contribution in [2.45, 2.75) is 36.8 Å². The van der Waals surface area contributed by atoms with Crippen LogP contribution >= 0.6 is 0 Å². The Balaban J connectivity index is 3.04. The summed E-state index contributed by atoms with van der Waals surface area (Å²) in [6.45, 7) is 0. The fraction of sp³-hybridized carbons (Fsp3) is 0.875. The predicted molar refractivity (Wildman–Crippen MR) is 42.1 cm³/mol. The number of carbonyl (C=O) groups is 1. The van der Waals surface area contributed by atoms with Gasteiger partial charge in [-0.05, 0) is 0 Å². The molecule has 0 heterocycles. The standard InChI is InChI=1S/C8H10F5NO/c1-14-7(15)8(13)5(11)3(9)2-4(10)6(8)12/h3-6H,2H2,1H3,(H,14,15)/t3-,4+,5-,6+,8?.